The summed E-state index contributed by atoms with van der Waals surface area (Å²) in [5.74, 6) is 1.85. The van der Waals surface area contributed by atoms with E-state index in [-0.39, 0.29) is 0 Å². The van der Waals surface area contributed by atoms with Crippen LogP contribution in [0.25, 0.3) is 0 Å². The maximum absolute atomic E-state index is 3.75. The number of nitrogens with one attached hydrogen (secondary N) is 1. The van der Waals surface area contributed by atoms with Crippen molar-refractivity contribution >= 4 is 0 Å². The SMILES string of the molecule is CCC(C)C1CN(CC2CC2)C(CC)CN1. The molecule has 0 bridgehead atoms. The molecule has 2 nitrogen and oxygen atoms in total. The van der Waals surface area contributed by atoms with Crippen LogP contribution in [0.2, 0.25) is 0 Å². The van der Waals surface area contributed by atoms with Crippen LogP contribution in [-0.2, 0) is 0 Å². The molecule has 2 aliphatic rings. The summed E-state index contributed by atoms with van der Waals surface area (Å²) in [4.78, 5) is 2.77. The topological polar surface area (TPSA) is 15.3 Å². The normalized spacial score (nSPS) is 33.9. The van der Waals surface area contributed by atoms with Crippen molar-refractivity contribution in [2.75, 3.05) is 19.6 Å². The molecule has 1 heterocycles. The van der Waals surface area contributed by atoms with Gasteiger partial charge in [0.25, 0.3) is 0 Å². The fourth-order valence-corrected chi connectivity index (χ4v) is 2.81. The minimum absolute atomic E-state index is 0.728. The smallest absolute Gasteiger partial charge is 0.0221 e. The van der Waals surface area contributed by atoms with Crippen molar-refractivity contribution in [1.29, 1.82) is 0 Å². The molecule has 1 saturated carbocycles. The van der Waals surface area contributed by atoms with Gasteiger partial charge in [0.2, 0.25) is 0 Å². The van der Waals surface area contributed by atoms with Crippen molar-refractivity contribution in [2.24, 2.45) is 11.8 Å². The summed E-state index contributed by atoms with van der Waals surface area (Å²) in [6.07, 6.45) is 5.56. The molecule has 0 amide bonds. The lowest BCUT2D eigenvalue weighted by molar-refractivity contribution is 0.101. The highest BCUT2D eigenvalue weighted by Gasteiger charge is 2.33. The molecule has 1 aliphatic carbocycles. The first-order valence-corrected chi connectivity index (χ1v) is 7.22. The van der Waals surface area contributed by atoms with Gasteiger partial charge in [-0.05, 0) is 31.1 Å². The summed E-state index contributed by atoms with van der Waals surface area (Å²) in [7, 11) is 0. The minimum atomic E-state index is 0.728. The number of hydrogen-bond acceptors (Lipinski definition) is 2. The molecular weight excluding hydrogens is 196 g/mol. The van der Waals surface area contributed by atoms with Gasteiger partial charge in [0.1, 0.15) is 0 Å². The van der Waals surface area contributed by atoms with Crippen molar-refractivity contribution in [2.45, 2.75) is 58.5 Å². The molecule has 0 aromatic heterocycles. The average molecular weight is 224 g/mol. The Morgan fingerprint density at radius 3 is 2.62 bits per heavy atom. The summed E-state index contributed by atoms with van der Waals surface area (Å²) >= 11 is 0. The Balaban J connectivity index is 1.88. The quantitative estimate of drug-likeness (QED) is 0.772. The Morgan fingerprint density at radius 2 is 2.06 bits per heavy atom. The predicted molar refractivity (Wildman–Crippen MR) is 69.6 cm³/mol. The molecule has 0 aromatic rings. The highest BCUT2D eigenvalue weighted by Crippen LogP contribution is 2.31. The van der Waals surface area contributed by atoms with Gasteiger partial charge in [-0.2, -0.15) is 0 Å². The van der Waals surface area contributed by atoms with Gasteiger partial charge in [-0.3, -0.25) is 4.90 Å². The molecule has 2 fully saturated rings. The van der Waals surface area contributed by atoms with E-state index in [1.54, 1.807) is 0 Å². The number of piperazine rings is 1. The van der Waals surface area contributed by atoms with Crippen molar-refractivity contribution < 1.29 is 0 Å². The molecule has 1 N–H and O–H groups in total. The van der Waals surface area contributed by atoms with Crippen molar-refractivity contribution in [3.05, 3.63) is 0 Å². The molecule has 16 heavy (non-hydrogen) atoms. The summed E-state index contributed by atoms with van der Waals surface area (Å²) in [5.41, 5.74) is 0. The van der Waals surface area contributed by atoms with Gasteiger partial charge in [0.15, 0.2) is 0 Å². The van der Waals surface area contributed by atoms with Gasteiger partial charge in [-0.25, -0.2) is 0 Å². The Bertz CT molecular complexity index is 213. The second-order valence-electron chi connectivity index (χ2n) is 5.86. The molecule has 94 valence electrons. The van der Waals surface area contributed by atoms with Crippen LogP contribution in [0.4, 0.5) is 0 Å². The summed E-state index contributed by atoms with van der Waals surface area (Å²) in [5, 5.41) is 3.75. The lowest BCUT2D eigenvalue weighted by Gasteiger charge is -2.42. The van der Waals surface area contributed by atoms with Crippen LogP contribution in [-0.4, -0.2) is 36.6 Å². The Kier molecular flexibility index (Phi) is 4.26. The Morgan fingerprint density at radius 1 is 1.31 bits per heavy atom. The van der Waals surface area contributed by atoms with Gasteiger partial charge >= 0.3 is 0 Å². The van der Waals surface area contributed by atoms with Crippen molar-refractivity contribution in [3.8, 4) is 0 Å². The van der Waals surface area contributed by atoms with Crippen LogP contribution in [0.5, 0.6) is 0 Å². The lowest BCUT2D eigenvalue weighted by Crippen LogP contribution is -2.58. The van der Waals surface area contributed by atoms with E-state index in [4.69, 9.17) is 0 Å². The maximum atomic E-state index is 3.75. The van der Waals surface area contributed by atoms with Crippen molar-refractivity contribution in [3.63, 3.8) is 0 Å². The number of hydrogen-bond donors (Lipinski definition) is 1. The second kappa shape index (κ2) is 5.50. The molecule has 2 heteroatoms. The fourth-order valence-electron chi connectivity index (χ4n) is 2.81. The Labute approximate surface area is 101 Å². The molecule has 1 saturated heterocycles. The van der Waals surface area contributed by atoms with E-state index in [0.717, 1.165) is 23.9 Å². The first-order valence-electron chi connectivity index (χ1n) is 7.22. The van der Waals surface area contributed by atoms with Crippen LogP contribution in [0.3, 0.4) is 0 Å². The number of rotatable bonds is 5. The Hall–Kier alpha value is -0.0800. The average Bonchev–Trinajstić information content (AvgIpc) is 3.12. The first-order chi connectivity index (χ1) is 7.74. The molecular formula is C14H28N2. The van der Waals surface area contributed by atoms with E-state index in [9.17, 15) is 0 Å². The van der Waals surface area contributed by atoms with Gasteiger partial charge in [0.05, 0.1) is 0 Å². The molecule has 3 unspecified atom stereocenters. The van der Waals surface area contributed by atoms with E-state index in [1.807, 2.05) is 0 Å². The van der Waals surface area contributed by atoms with Crippen molar-refractivity contribution in [1.82, 2.24) is 10.2 Å². The van der Waals surface area contributed by atoms with E-state index < -0.39 is 0 Å². The minimum Gasteiger partial charge on any atom is -0.311 e. The van der Waals surface area contributed by atoms with Crippen LogP contribution < -0.4 is 5.32 Å². The van der Waals surface area contributed by atoms with E-state index in [1.165, 1.54) is 45.3 Å². The van der Waals surface area contributed by atoms with Crippen LogP contribution >= 0.6 is 0 Å². The number of nitrogens with zero attached hydrogens (tertiary/aromatic N) is 1. The van der Waals surface area contributed by atoms with Crippen LogP contribution in [0.1, 0.15) is 46.5 Å². The van der Waals surface area contributed by atoms with Crippen LogP contribution in [0.15, 0.2) is 0 Å². The second-order valence-corrected chi connectivity index (χ2v) is 5.86. The molecule has 0 aromatic carbocycles. The first kappa shape index (κ1) is 12.4. The molecule has 2 rings (SSSR count). The van der Waals surface area contributed by atoms with Gasteiger partial charge in [-0.1, -0.05) is 27.2 Å². The van der Waals surface area contributed by atoms with Gasteiger partial charge < -0.3 is 5.32 Å². The zero-order valence-electron chi connectivity index (χ0n) is 11.2. The highest BCUT2D eigenvalue weighted by molar-refractivity contribution is 4.90. The standard InChI is InChI=1S/C14H28N2/c1-4-11(3)14-10-16(9-12-6-7-12)13(5-2)8-15-14/h11-15H,4-10H2,1-3H3. The maximum Gasteiger partial charge on any atom is 0.0221 e. The third kappa shape index (κ3) is 2.98. The van der Waals surface area contributed by atoms with Gasteiger partial charge in [-0.15, -0.1) is 0 Å². The third-order valence-corrected chi connectivity index (χ3v) is 4.55. The monoisotopic (exact) mass is 224 g/mol. The zero-order valence-corrected chi connectivity index (χ0v) is 11.2. The lowest BCUT2D eigenvalue weighted by atomic mass is 9.94. The van der Waals surface area contributed by atoms with E-state index >= 15 is 0 Å². The van der Waals surface area contributed by atoms with Crippen LogP contribution in [0, 0.1) is 11.8 Å². The summed E-state index contributed by atoms with van der Waals surface area (Å²) in [6.45, 7) is 10.9. The molecule has 0 spiro atoms. The highest BCUT2D eigenvalue weighted by atomic mass is 15.2. The van der Waals surface area contributed by atoms with E-state index in [0.29, 0.717) is 0 Å². The molecule has 1 aliphatic heterocycles. The fraction of sp³-hybridized carbons (Fsp3) is 1.00. The molecule has 3 atom stereocenters. The van der Waals surface area contributed by atoms with Gasteiger partial charge in [0, 0.05) is 31.7 Å². The van der Waals surface area contributed by atoms with E-state index in [2.05, 4.69) is 31.0 Å². The zero-order chi connectivity index (χ0) is 11.5. The largest absolute Gasteiger partial charge is 0.311 e. The molecule has 0 radical (unpaired) electrons. The summed E-state index contributed by atoms with van der Waals surface area (Å²) < 4.78 is 0. The third-order valence-electron chi connectivity index (χ3n) is 4.55. The summed E-state index contributed by atoms with van der Waals surface area (Å²) in [6, 6.07) is 1.52. The predicted octanol–water partition coefficient (Wildman–Crippen LogP) is 2.49.